The molecule has 1 N–H and O–H groups in total. The molecule has 3 nitrogen and oxygen atoms in total. The summed E-state index contributed by atoms with van der Waals surface area (Å²) in [5, 5.41) is 10.6. The average Bonchev–Trinajstić information content (AvgIpc) is 2.66. The largest absolute Gasteiger partial charge is 0.507 e. The van der Waals surface area contributed by atoms with Crippen LogP contribution in [-0.4, -0.2) is 41.6 Å². The van der Waals surface area contributed by atoms with Crippen LogP contribution in [0.4, 0.5) is 8.78 Å². The highest BCUT2D eigenvalue weighted by Crippen LogP contribution is 2.30. The Kier molecular flexibility index (Phi) is 4.04. The van der Waals surface area contributed by atoms with Crippen molar-refractivity contribution in [3.8, 4) is 5.75 Å². The third kappa shape index (κ3) is 3.04. The predicted octanol–water partition coefficient (Wildman–Crippen LogP) is 2.72. The summed E-state index contributed by atoms with van der Waals surface area (Å²) in [7, 11) is 3.91. The van der Waals surface area contributed by atoms with Crippen LogP contribution >= 0.6 is 0 Å². The Hall–Kier alpha value is -1.62. The van der Waals surface area contributed by atoms with Crippen molar-refractivity contribution >= 4 is 10.9 Å². The summed E-state index contributed by atoms with van der Waals surface area (Å²) in [5.74, 6) is 0.152. The minimum Gasteiger partial charge on any atom is -0.507 e. The number of hydrogen-bond acceptors (Lipinski definition) is 2. The van der Waals surface area contributed by atoms with Gasteiger partial charge in [-0.1, -0.05) is 6.07 Å². The Balaban J connectivity index is 2.44. The Labute approximate surface area is 111 Å². The van der Waals surface area contributed by atoms with Gasteiger partial charge in [0.15, 0.2) is 0 Å². The van der Waals surface area contributed by atoms with Crippen LogP contribution in [0.25, 0.3) is 10.9 Å². The second-order valence-corrected chi connectivity index (χ2v) is 4.92. The topological polar surface area (TPSA) is 28.4 Å². The van der Waals surface area contributed by atoms with Gasteiger partial charge in [0.1, 0.15) is 5.75 Å². The number of benzene rings is 1. The lowest BCUT2D eigenvalue weighted by Gasteiger charge is -2.08. The molecular weight excluding hydrogens is 250 g/mol. The zero-order valence-electron chi connectivity index (χ0n) is 11.1. The number of alkyl halides is 2. The number of nitrogens with zero attached hydrogens (tertiary/aromatic N) is 2. The van der Waals surface area contributed by atoms with Gasteiger partial charge < -0.3 is 14.6 Å². The Bertz CT molecular complexity index is 564. The number of hydrogen-bond donors (Lipinski definition) is 1. The van der Waals surface area contributed by atoms with Gasteiger partial charge in [-0.25, -0.2) is 8.78 Å². The van der Waals surface area contributed by atoms with Gasteiger partial charge in [-0.3, -0.25) is 0 Å². The Morgan fingerprint density at radius 2 is 2.05 bits per heavy atom. The van der Waals surface area contributed by atoms with Crippen LogP contribution in [0.15, 0.2) is 24.4 Å². The molecule has 19 heavy (non-hydrogen) atoms. The molecule has 1 heterocycles. The Morgan fingerprint density at radius 3 is 2.68 bits per heavy atom. The number of likely N-dealkylation sites (N-methyl/N-ethyl adjacent to an activating group) is 1. The number of rotatable bonds is 5. The average molecular weight is 268 g/mol. The van der Waals surface area contributed by atoms with E-state index in [4.69, 9.17) is 0 Å². The van der Waals surface area contributed by atoms with E-state index in [1.165, 1.54) is 4.57 Å². The first-order chi connectivity index (χ1) is 8.99. The van der Waals surface area contributed by atoms with Crippen LogP contribution < -0.4 is 0 Å². The van der Waals surface area contributed by atoms with Gasteiger partial charge >= 0.3 is 0 Å². The first kappa shape index (κ1) is 13.8. The summed E-state index contributed by atoms with van der Waals surface area (Å²) >= 11 is 0. The van der Waals surface area contributed by atoms with Gasteiger partial charge in [-0.2, -0.15) is 0 Å². The summed E-state index contributed by atoms with van der Waals surface area (Å²) < 4.78 is 26.7. The van der Waals surface area contributed by atoms with Crippen molar-refractivity contribution in [2.24, 2.45) is 0 Å². The van der Waals surface area contributed by atoms with E-state index in [9.17, 15) is 13.9 Å². The van der Waals surface area contributed by atoms with Gasteiger partial charge in [0, 0.05) is 18.1 Å². The summed E-state index contributed by atoms with van der Waals surface area (Å²) in [6, 6.07) is 5.03. The first-order valence-electron chi connectivity index (χ1n) is 6.21. The lowest BCUT2D eigenvalue weighted by Crippen LogP contribution is -2.15. The number of phenols is 1. The van der Waals surface area contributed by atoms with Crippen LogP contribution in [0, 0.1) is 0 Å². The molecule has 0 unspecified atom stereocenters. The number of fused-ring (bicyclic) bond motifs is 1. The van der Waals surface area contributed by atoms with E-state index in [-0.39, 0.29) is 12.3 Å². The smallest absolute Gasteiger partial charge is 0.256 e. The summed E-state index contributed by atoms with van der Waals surface area (Å²) in [6.07, 6.45) is 0.0387. The molecule has 0 saturated carbocycles. The molecule has 0 amide bonds. The standard InChI is InChI=1S/C14H18F2N2O/c1-17(2)7-6-10-8-18(9-13(15)16)11-4-3-5-12(19)14(10)11/h3-5,8,13,19H,6-7,9H2,1-2H3. The molecule has 0 aliphatic carbocycles. The van der Waals surface area contributed by atoms with Crippen LogP contribution in [0.1, 0.15) is 5.56 Å². The highest BCUT2D eigenvalue weighted by molar-refractivity contribution is 5.89. The van der Waals surface area contributed by atoms with Crippen LogP contribution in [0.2, 0.25) is 0 Å². The maximum Gasteiger partial charge on any atom is 0.256 e. The maximum absolute atomic E-state index is 12.6. The minimum absolute atomic E-state index is 0.152. The lowest BCUT2D eigenvalue weighted by molar-refractivity contribution is 0.128. The molecule has 0 aliphatic heterocycles. The molecule has 1 aromatic heterocycles. The molecule has 0 fully saturated rings. The van der Waals surface area contributed by atoms with Gasteiger partial charge in [-0.05, 0) is 38.2 Å². The Morgan fingerprint density at radius 1 is 1.32 bits per heavy atom. The van der Waals surface area contributed by atoms with Crippen molar-refractivity contribution in [2.45, 2.75) is 19.4 Å². The number of phenolic OH excluding ortho intramolecular Hbond substituents is 1. The van der Waals surface area contributed by atoms with E-state index >= 15 is 0 Å². The molecule has 0 atom stereocenters. The van der Waals surface area contributed by atoms with E-state index < -0.39 is 6.43 Å². The second-order valence-electron chi connectivity index (χ2n) is 4.92. The monoisotopic (exact) mass is 268 g/mol. The van der Waals surface area contributed by atoms with Crippen molar-refractivity contribution in [1.82, 2.24) is 9.47 Å². The van der Waals surface area contributed by atoms with E-state index in [1.54, 1.807) is 24.4 Å². The normalized spacial score (nSPS) is 11.9. The van der Waals surface area contributed by atoms with Crippen molar-refractivity contribution in [3.05, 3.63) is 30.0 Å². The van der Waals surface area contributed by atoms with Gasteiger partial charge in [-0.15, -0.1) is 0 Å². The zero-order valence-corrected chi connectivity index (χ0v) is 11.1. The molecule has 0 radical (unpaired) electrons. The van der Waals surface area contributed by atoms with E-state index in [0.717, 1.165) is 18.5 Å². The molecule has 1 aromatic carbocycles. The second kappa shape index (κ2) is 5.57. The van der Waals surface area contributed by atoms with Crippen LogP contribution in [0.3, 0.4) is 0 Å². The molecule has 5 heteroatoms. The fourth-order valence-electron chi connectivity index (χ4n) is 2.25. The van der Waals surface area contributed by atoms with E-state index in [2.05, 4.69) is 0 Å². The third-order valence-corrected chi connectivity index (χ3v) is 3.13. The molecule has 0 aliphatic rings. The molecule has 2 aromatic rings. The number of aromatic hydroxyl groups is 1. The fraction of sp³-hybridized carbons (Fsp3) is 0.429. The van der Waals surface area contributed by atoms with E-state index in [0.29, 0.717) is 10.9 Å². The molecular formula is C14H18F2N2O. The van der Waals surface area contributed by atoms with Crippen molar-refractivity contribution in [3.63, 3.8) is 0 Å². The summed E-state index contributed by atoms with van der Waals surface area (Å²) in [5.41, 5.74) is 1.57. The van der Waals surface area contributed by atoms with Crippen molar-refractivity contribution < 1.29 is 13.9 Å². The highest BCUT2D eigenvalue weighted by Gasteiger charge is 2.14. The van der Waals surface area contributed by atoms with Crippen LogP contribution in [-0.2, 0) is 13.0 Å². The minimum atomic E-state index is -2.40. The third-order valence-electron chi connectivity index (χ3n) is 3.13. The maximum atomic E-state index is 12.6. The van der Waals surface area contributed by atoms with Gasteiger partial charge in [0.05, 0.1) is 12.1 Å². The predicted molar refractivity (Wildman–Crippen MR) is 71.9 cm³/mol. The van der Waals surface area contributed by atoms with Crippen molar-refractivity contribution in [1.29, 1.82) is 0 Å². The molecule has 0 bridgehead atoms. The van der Waals surface area contributed by atoms with Crippen molar-refractivity contribution in [2.75, 3.05) is 20.6 Å². The molecule has 0 saturated heterocycles. The molecule has 104 valence electrons. The summed E-state index contributed by atoms with van der Waals surface area (Å²) in [6.45, 7) is 0.462. The number of halogens is 2. The van der Waals surface area contributed by atoms with Crippen LogP contribution in [0.5, 0.6) is 5.75 Å². The first-order valence-corrected chi connectivity index (χ1v) is 6.21. The van der Waals surface area contributed by atoms with E-state index in [1.807, 2.05) is 19.0 Å². The zero-order chi connectivity index (χ0) is 14.0. The highest BCUT2D eigenvalue weighted by atomic mass is 19.3. The molecule has 0 spiro atoms. The van der Waals surface area contributed by atoms with Gasteiger partial charge in [0.2, 0.25) is 0 Å². The fourth-order valence-corrected chi connectivity index (χ4v) is 2.25. The quantitative estimate of drug-likeness (QED) is 0.903. The number of aromatic nitrogens is 1. The lowest BCUT2D eigenvalue weighted by atomic mass is 10.1. The molecule has 2 rings (SSSR count). The summed E-state index contributed by atoms with van der Waals surface area (Å²) in [4.78, 5) is 2.02. The van der Waals surface area contributed by atoms with Gasteiger partial charge in [0.25, 0.3) is 6.43 Å². The SMILES string of the molecule is CN(C)CCc1cn(CC(F)F)c2cccc(O)c12.